The topological polar surface area (TPSA) is 67.6 Å². The third-order valence-electron chi connectivity index (χ3n) is 6.70. The van der Waals surface area contributed by atoms with Gasteiger partial charge in [0, 0.05) is 31.7 Å². The van der Waals surface area contributed by atoms with Crippen LogP contribution in [0.4, 0.5) is 0 Å². The Balaban J connectivity index is 1.63. The molecule has 1 aliphatic rings. The van der Waals surface area contributed by atoms with Gasteiger partial charge in [0.2, 0.25) is 0 Å². The number of benzene rings is 1. The minimum absolute atomic E-state index is 0.0476. The van der Waals surface area contributed by atoms with Crippen LogP contribution < -0.4 is 5.56 Å². The Labute approximate surface area is 195 Å². The van der Waals surface area contributed by atoms with Crippen molar-refractivity contribution in [2.45, 2.75) is 38.8 Å². The van der Waals surface area contributed by atoms with Crippen molar-refractivity contribution in [1.29, 1.82) is 0 Å². The Morgan fingerprint density at radius 2 is 1.91 bits per heavy atom. The number of piperidine rings is 1. The van der Waals surface area contributed by atoms with E-state index in [1.54, 1.807) is 30.1 Å². The lowest BCUT2D eigenvalue weighted by atomic mass is 9.88. The number of hydrogen-bond acceptors (Lipinski definition) is 5. The third kappa shape index (κ3) is 5.34. The summed E-state index contributed by atoms with van der Waals surface area (Å²) in [5.74, 6) is 0.662. The van der Waals surface area contributed by atoms with Crippen molar-refractivity contribution in [3.8, 4) is 5.75 Å². The molecule has 1 atom stereocenters. The van der Waals surface area contributed by atoms with Gasteiger partial charge in [-0.1, -0.05) is 36.4 Å². The maximum absolute atomic E-state index is 13.6. The molecule has 0 aliphatic carbocycles. The minimum Gasteiger partial charge on any atom is -0.507 e. The van der Waals surface area contributed by atoms with Crippen LogP contribution in [0, 0.1) is 12.8 Å². The van der Waals surface area contributed by atoms with E-state index in [0.717, 1.165) is 43.6 Å². The molecule has 1 saturated heterocycles. The van der Waals surface area contributed by atoms with E-state index in [2.05, 4.69) is 40.2 Å². The zero-order valence-electron chi connectivity index (χ0n) is 19.5. The molecule has 0 bridgehead atoms. The van der Waals surface area contributed by atoms with E-state index in [1.165, 1.54) is 5.56 Å². The van der Waals surface area contributed by atoms with Crippen LogP contribution in [0.25, 0.3) is 0 Å². The van der Waals surface area contributed by atoms with Crippen molar-refractivity contribution < 1.29 is 9.84 Å². The summed E-state index contributed by atoms with van der Waals surface area (Å²) in [7, 11) is 1.62. The van der Waals surface area contributed by atoms with E-state index in [1.807, 2.05) is 19.1 Å². The summed E-state index contributed by atoms with van der Waals surface area (Å²) in [6, 6.07) is 15.9. The molecule has 2 aromatic heterocycles. The summed E-state index contributed by atoms with van der Waals surface area (Å²) in [6.07, 6.45) is 6.72. The number of rotatable bonds is 8. The number of likely N-dealkylation sites (tertiary alicyclic amines) is 1. The van der Waals surface area contributed by atoms with Gasteiger partial charge in [-0.25, -0.2) is 0 Å². The van der Waals surface area contributed by atoms with E-state index in [-0.39, 0.29) is 17.4 Å². The first-order valence-corrected chi connectivity index (χ1v) is 11.7. The summed E-state index contributed by atoms with van der Waals surface area (Å²) >= 11 is 0. The largest absolute Gasteiger partial charge is 0.507 e. The van der Waals surface area contributed by atoms with Crippen LogP contribution in [-0.2, 0) is 17.7 Å². The minimum atomic E-state index is -0.335. The molecule has 4 rings (SSSR count). The van der Waals surface area contributed by atoms with Crippen molar-refractivity contribution in [1.82, 2.24) is 14.5 Å². The standard InChI is InChI=1S/C27H33N3O3/c1-20-17-24(31)25(27(32)30(20)15-16-33-2)26(23-9-6-12-28-19-23)29-13-10-22(11-14-29)18-21-7-4-3-5-8-21/h3-9,12,17,19,22,26,31H,10-11,13-16,18H2,1-2H3/t26-/m0/s1. The number of aromatic hydroxyl groups is 1. The molecule has 1 aliphatic heterocycles. The highest BCUT2D eigenvalue weighted by Gasteiger charge is 2.32. The van der Waals surface area contributed by atoms with Gasteiger partial charge in [-0.3, -0.25) is 14.7 Å². The average molecular weight is 448 g/mol. The molecule has 1 N–H and O–H groups in total. The van der Waals surface area contributed by atoms with Crippen molar-refractivity contribution in [2.75, 3.05) is 26.8 Å². The summed E-state index contributed by atoms with van der Waals surface area (Å²) in [4.78, 5) is 20.2. The van der Waals surface area contributed by atoms with E-state index < -0.39 is 0 Å². The fourth-order valence-corrected chi connectivity index (χ4v) is 4.95. The van der Waals surface area contributed by atoms with Crippen LogP contribution in [0.1, 0.15) is 41.3 Å². The fourth-order valence-electron chi connectivity index (χ4n) is 4.95. The molecular weight excluding hydrogens is 414 g/mol. The van der Waals surface area contributed by atoms with E-state index >= 15 is 0 Å². The molecule has 1 aromatic carbocycles. The zero-order valence-corrected chi connectivity index (χ0v) is 19.5. The van der Waals surface area contributed by atoms with E-state index in [9.17, 15) is 9.90 Å². The van der Waals surface area contributed by atoms with Gasteiger partial charge in [0.25, 0.3) is 5.56 Å². The molecule has 0 radical (unpaired) electrons. The van der Waals surface area contributed by atoms with Gasteiger partial charge in [-0.2, -0.15) is 0 Å². The first-order valence-electron chi connectivity index (χ1n) is 11.7. The molecule has 6 nitrogen and oxygen atoms in total. The van der Waals surface area contributed by atoms with Crippen molar-refractivity contribution in [3.63, 3.8) is 0 Å². The molecule has 6 heteroatoms. The normalized spacial score (nSPS) is 16.1. The molecule has 3 heterocycles. The predicted octanol–water partition coefficient (Wildman–Crippen LogP) is 3.95. The number of hydrogen-bond donors (Lipinski definition) is 1. The SMILES string of the molecule is COCCn1c(C)cc(O)c([C@H](c2cccnc2)N2CCC(Cc3ccccc3)CC2)c1=O. The molecule has 0 unspecified atom stereocenters. The third-order valence-corrected chi connectivity index (χ3v) is 6.70. The second-order valence-corrected chi connectivity index (χ2v) is 8.89. The molecule has 3 aromatic rings. The zero-order chi connectivity index (χ0) is 23.2. The lowest BCUT2D eigenvalue weighted by molar-refractivity contribution is 0.147. The molecule has 0 spiro atoms. The van der Waals surface area contributed by atoms with E-state index in [0.29, 0.717) is 24.6 Å². The van der Waals surface area contributed by atoms with Crippen LogP contribution in [0.3, 0.4) is 0 Å². The van der Waals surface area contributed by atoms with Gasteiger partial charge in [0.15, 0.2) is 0 Å². The number of methoxy groups -OCH3 is 1. The van der Waals surface area contributed by atoms with Crippen LogP contribution in [0.5, 0.6) is 5.75 Å². The van der Waals surface area contributed by atoms with Gasteiger partial charge >= 0.3 is 0 Å². The average Bonchev–Trinajstić information content (AvgIpc) is 2.83. The molecule has 1 fully saturated rings. The predicted molar refractivity (Wildman–Crippen MR) is 130 cm³/mol. The Morgan fingerprint density at radius 1 is 1.15 bits per heavy atom. The summed E-state index contributed by atoms with van der Waals surface area (Å²) in [5.41, 5.74) is 3.28. The Hall–Kier alpha value is -2.96. The van der Waals surface area contributed by atoms with Crippen LogP contribution in [-0.4, -0.2) is 46.4 Å². The van der Waals surface area contributed by atoms with Gasteiger partial charge in [-0.15, -0.1) is 0 Å². The summed E-state index contributed by atoms with van der Waals surface area (Å²) < 4.78 is 6.90. The summed E-state index contributed by atoms with van der Waals surface area (Å²) in [6.45, 7) is 4.46. The number of aromatic nitrogens is 2. The Kier molecular flexibility index (Phi) is 7.57. The van der Waals surface area contributed by atoms with Crippen molar-refractivity contribution in [3.05, 3.63) is 93.7 Å². The molecule has 174 valence electrons. The first-order chi connectivity index (χ1) is 16.1. The number of aryl methyl sites for hydroxylation is 1. The van der Waals surface area contributed by atoms with Crippen LogP contribution in [0.15, 0.2) is 65.7 Å². The molecule has 33 heavy (non-hydrogen) atoms. The molecular formula is C27H33N3O3. The van der Waals surface area contributed by atoms with Crippen LogP contribution in [0.2, 0.25) is 0 Å². The molecule has 0 saturated carbocycles. The quantitative estimate of drug-likeness (QED) is 0.566. The van der Waals surface area contributed by atoms with Gasteiger partial charge < -0.3 is 14.4 Å². The first kappa shape index (κ1) is 23.2. The second kappa shape index (κ2) is 10.8. The Bertz CT molecular complexity index is 1090. The summed E-state index contributed by atoms with van der Waals surface area (Å²) in [5, 5.41) is 10.9. The van der Waals surface area contributed by atoms with Crippen molar-refractivity contribution in [2.24, 2.45) is 5.92 Å². The highest BCUT2D eigenvalue weighted by molar-refractivity contribution is 5.40. The lowest BCUT2D eigenvalue weighted by Gasteiger charge is -2.38. The number of ether oxygens (including phenoxy) is 1. The molecule has 0 amide bonds. The second-order valence-electron chi connectivity index (χ2n) is 8.89. The van der Waals surface area contributed by atoms with E-state index in [4.69, 9.17) is 4.74 Å². The van der Waals surface area contributed by atoms with Crippen LogP contribution >= 0.6 is 0 Å². The maximum atomic E-state index is 13.6. The highest BCUT2D eigenvalue weighted by Crippen LogP contribution is 2.35. The maximum Gasteiger partial charge on any atom is 0.259 e. The van der Waals surface area contributed by atoms with Crippen molar-refractivity contribution >= 4 is 0 Å². The highest BCUT2D eigenvalue weighted by atomic mass is 16.5. The van der Waals surface area contributed by atoms with Gasteiger partial charge in [0.05, 0.1) is 18.2 Å². The number of nitrogens with zero attached hydrogens (tertiary/aromatic N) is 3. The number of pyridine rings is 2. The van der Waals surface area contributed by atoms with Gasteiger partial charge in [-0.05, 0) is 68.5 Å². The van der Waals surface area contributed by atoms with Gasteiger partial charge in [0.1, 0.15) is 5.75 Å². The Morgan fingerprint density at radius 3 is 2.58 bits per heavy atom. The fraction of sp³-hybridized carbons (Fsp3) is 0.407. The monoisotopic (exact) mass is 447 g/mol. The lowest BCUT2D eigenvalue weighted by Crippen LogP contribution is -2.41. The smallest absolute Gasteiger partial charge is 0.259 e.